The van der Waals surface area contributed by atoms with Crippen LogP contribution in [0, 0.1) is 5.92 Å². The summed E-state index contributed by atoms with van der Waals surface area (Å²) < 4.78 is 19.6. The number of benzene rings is 3. The fraction of sp³-hybridized carbons (Fsp3) is 0.324. The molecule has 46 heavy (non-hydrogen) atoms. The van der Waals surface area contributed by atoms with Gasteiger partial charge in [-0.25, -0.2) is 14.6 Å². The number of ether oxygens (including phenoxy) is 3. The number of urea groups is 1. The molecule has 3 N–H and O–H groups in total. The molecule has 0 unspecified atom stereocenters. The molecule has 0 radical (unpaired) electrons. The molecule has 1 saturated heterocycles. The zero-order valence-corrected chi connectivity index (χ0v) is 26.9. The highest BCUT2D eigenvalue weighted by molar-refractivity contribution is 6.40. The van der Waals surface area contributed by atoms with E-state index in [-0.39, 0.29) is 36.4 Å². The number of hydrogen-bond acceptors (Lipinski definition) is 7. The number of carbonyl (C=O) groups excluding carboxylic acids is 2. The van der Waals surface area contributed by atoms with Crippen molar-refractivity contribution in [3.63, 3.8) is 0 Å². The molecule has 5 atom stereocenters. The summed E-state index contributed by atoms with van der Waals surface area (Å²) in [5.41, 5.74) is 4.31. The average Bonchev–Trinajstić information content (AvgIpc) is 3.40. The minimum atomic E-state index is -0.827. The SMILES string of the molecule is COC(=O)[C@H](Cc1ccccc1)NC(=O)NCc1ccc([C@@H]2O[C@H](Cn3cnc(Cl)c3Cl)[C@H](C)[C@H](c3ccc(CO)cc3)O2)cc1. The number of esters is 1. The van der Waals surface area contributed by atoms with E-state index in [1.807, 2.05) is 78.9 Å². The highest BCUT2D eigenvalue weighted by Crippen LogP contribution is 2.42. The molecule has 12 heteroatoms. The van der Waals surface area contributed by atoms with E-state index in [1.165, 1.54) is 7.11 Å². The second kappa shape index (κ2) is 15.6. The molecule has 0 saturated carbocycles. The zero-order chi connectivity index (χ0) is 32.6. The number of nitrogens with zero attached hydrogens (tertiary/aromatic N) is 2. The predicted octanol–water partition coefficient (Wildman–Crippen LogP) is 5.76. The lowest BCUT2D eigenvalue weighted by molar-refractivity contribution is -0.276. The van der Waals surface area contributed by atoms with E-state index in [2.05, 4.69) is 22.5 Å². The number of imidazole rings is 1. The van der Waals surface area contributed by atoms with Crippen LogP contribution in [0.3, 0.4) is 0 Å². The molecule has 1 fully saturated rings. The molecule has 0 aliphatic carbocycles. The van der Waals surface area contributed by atoms with Crippen LogP contribution in [0.4, 0.5) is 4.79 Å². The highest BCUT2D eigenvalue weighted by Gasteiger charge is 2.39. The number of rotatable bonds is 11. The molecule has 1 aromatic heterocycles. The molecular weight excluding hydrogens is 631 g/mol. The molecule has 1 aliphatic rings. The number of methoxy groups -OCH3 is 1. The molecule has 0 bridgehead atoms. The number of nitrogens with one attached hydrogen (secondary N) is 2. The molecule has 3 aromatic carbocycles. The van der Waals surface area contributed by atoms with E-state index in [9.17, 15) is 14.7 Å². The number of halogens is 2. The van der Waals surface area contributed by atoms with E-state index in [0.29, 0.717) is 18.1 Å². The van der Waals surface area contributed by atoms with Gasteiger partial charge in [-0.15, -0.1) is 0 Å². The summed E-state index contributed by atoms with van der Waals surface area (Å²) in [6.07, 6.45) is 0.600. The maximum Gasteiger partial charge on any atom is 0.328 e. The van der Waals surface area contributed by atoms with Crippen LogP contribution in [0.5, 0.6) is 0 Å². The van der Waals surface area contributed by atoms with Gasteiger partial charge in [0, 0.05) is 24.4 Å². The molecule has 2 heterocycles. The summed E-state index contributed by atoms with van der Waals surface area (Å²) in [5, 5.41) is 15.6. The summed E-state index contributed by atoms with van der Waals surface area (Å²) in [4.78, 5) is 29.1. The number of amides is 2. The van der Waals surface area contributed by atoms with Gasteiger partial charge < -0.3 is 34.5 Å². The van der Waals surface area contributed by atoms with Gasteiger partial charge in [-0.1, -0.05) is 109 Å². The van der Waals surface area contributed by atoms with Gasteiger partial charge in [-0.3, -0.25) is 0 Å². The maximum atomic E-state index is 12.7. The Hall–Kier alpha value is -3.93. The van der Waals surface area contributed by atoms with Gasteiger partial charge in [0.15, 0.2) is 11.4 Å². The fourth-order valence-corrected chi connectivity index (χ4v) is 5.68. The van der Waals surface area contributed by atoms with Gasteiger partial charge in [0.2, 0.25) is 0 Å². The number of aliphatic hydroxyl groups is 1. The van der Waals surface area contributed by atoms with Crippen molar-refractivity contribution in [2.24, 2.45) is 5.92 Å². The number of aromatic nitrogens is 2. The van der Waals surface area contributed by atoms with Gasteiger partial charge in [0.25, 0.3) is 0 Å². The normalized spacial score (nSPS) is 20.1. The lowest BCUT2D eigenvalue weighted by Crippen LogP contribution is -2.47. The van der Waals surface area contributed by atoms with Gasteiger partial charge in [-0.05, 0) is 22.3 Å². The van der Waals surface area contributed by atoms with Crippen molar-refractivity contribution < 1.29 is 28.9 Å². The second-order valence-electron chi connectivity index (χ2n) is 11.1. The van der Waals surface area contributed by atoms with Crippen molar-refractivity contribution >= 4 is 35.2 Å². The maximum absolute atomic E-state index is 12.7. The van der Waals surface area contributed by atoms with Crippen molar-refractivity contribution in [3.05, 3.63) is 123 Å². The summed E-state index contributed by atoms with van der Waals surface area (Å²) >= 11 is 12.5. The summed E-state index contributed by atoms with van der Waals surface area (Å²) in [6.45, 7) is 2.66. The van der Waals surface area contributed by atoms with Gasteiger partial charge >= 0.3 is 12.0 Å². The Morgan fingerprint density at radius 1 is 0.957 bits per heavy atom. The van der Waals surface area contributed by atoms with E-state index < -0.39 is 24.3 Å². The smallest absolute Gasteiger partial charge is 0.328 e. The van der Waals surface area contributed by atoms with Crippen molar-refractivity contribution in [2.75, 3.05) is 7.11 Å². The van der Waals surface area contributed by atoms with Crippen LogP contribution in [0.2, 0.25) is 10.3 Å². The third-order valence-electron chi connectivity index (χ3n) is 8.01. The van der Waals surface area contributed by atoms with Gasteiger partial charge in [-0.2, -0.15) is 0 Å². The van der Waals surface area contributed by atoms with Crippen LogP contribution in [-0.2, 0) is 45.1 Å². The van der Waals surface area contributed by atoms with Gasteiger partial charge in [0.05, 0.1) is 38.8 Å². The summed E-state index contributed by atoms with van der Waals surface area (Å²) in [5.74, 6) is -0.587. The molecule has 242 valence electrons. The van der Waals surface area contributed by atoms with Crippen LogP contribution < -0.4 is 10.6 Å². The Kier molecular flexibility index (Phi) is 11.3. The molecule has 0 spiro atoms. The first-order valence-electron chi connectivity index (χ1n) is 14.9. The predicted molar refractivity (Wildman–Crippen MR) is 173 cm³/mol. The third kappa shape index (κ3) is 8.26. The Morgan fingerprint density at radius 3 is 2.26 bits per heavy atom. The molecule has 1 aliphatic heterocycles. The zero-order valence-electron chi connectivity index (χ0n) is 25.4. The number of hydrogen-bond donors (Lipinski definition) is 3. The summed E-state index contributed by atoms with van der Waals surface area (Å²) in [6, 6.07) is 23.3. The van der Waals surface area contributed by atoms with Crippen molar-refractivity contribution in [2.45, 2.75) is 57.6 Å². The van der Waals surface area contributed by atoms with Crippen LogP contribution in [-0.4, -0.2) is 45.9 Å². The Bertz CT molecular complexity index is 1600. The van der Waals surface area contributed by atoms with E-state index in [4.69, 9.17) is 37.4 Å². The second-order valence-corrected chi connectivity index (χ2v) is 11.9. The molecule has 4 aromatic rings. The minimum absolute atomic E-state index is 0.0436. The molecule has 5 rings (SSSR count). The van der Waals surface area contributed by atoms with E-state index in [1.54, 1.807) is 10.9 Å². The van der Waals surface area contributed by atoms with Crippen LogP contribution in [0.15, 0.2) is 85.2 Å². The third-order valence-corrected chi connectivity index (χ3v) is 8.78. The minimum Gasteiger partial charge on any atom is -0.467 e. The average molecular weight is 668 g/mol. The number of carbonyl (C=O) groups is 2. The summed E-state index contributed by atoms with van der Waals surface area (Å²) in [7, 11) is 1.29. The van der Waals surface area contributed by atoms with E-state index in [0.717, 1.165) is 27.8 Å². The lowest BCUT2D eigenvalue weighted by atomic mass is 9.90. The Balaban J connectivity index is 1.26. The monoisotopic (exact) mass is 666 g/mol. The van der Waals surface area contributed by atoms with Crippen LogP contribution in [0.25, 0.3) is 0 Å². The van der Waals surface area contributed by atoms with Crippen molar-refractivity contribution in [1.82, 2.24) is 20.2 Å². The van der Waals surface area contributed by atoms with Crippen LogP contribution >= 0.6 is 23.2 Å². The van der Waals surface area contributed by atoms with Crippen molar-refractivity contribution in [3.8, 4) is 0 Å². The fourth-order valence-electron chi connectivity index (χ4n) is 5.36. The first kappa shape index (κ1) is 33.4. The van der Waals surface area contributed by atoms with Crippen LogP contribution in [0.1, 0.15) is 47.1 Å². The van der Waals surface area contributed by atoms with Crippen molar-refractivity contribution in [1.29, 1.82) is 0 Å². The van der Waals surface area contributed by atoms with E-state index >= 15 is 0 Å². The molecule has 10 nitrogen and oxygen atoms in total. The van der Waals surface area contributed by atoms with Gasteiger partial charge in [0.1, 0.15) is 11.2 Å². The first-order valence-corrected chi connectivity index (χ1v) is 15.6. The highest BCUT2D eigenvalue weighted by atomic mass is 35.5. The first-order chi connectivity index (χ1) is 22.2. The largest absolute Gasteiger partial charge is 0.467 e. The topological polar surface area (TPSA) is 124 Å². The quantitative estimate of drug-likeness (QED) is 0.174. The number of aliphatic hydroxyl groups excluding tert-OH is 1. The Labute approximate surface area is 277 Å². The molecule has 2 amide bonds. The standard InChI is InChI=1S/C34H36Cl2N4O6/c1-21-28(18-40-20-38-30(35)31(40)36)45-33(46-29(21)25-12-10-24(19-41)11-13-25)26-14-8-23(9-15-26)17-37-34(43)39-27(32(42)44-2)16-22-6-4-3-5-7-22/h3-15,20-21,27-29,33,41H,16-19H2,1-2H3,(H2,37,39,43)/t21-,27-,28+,29+,33+/m0/s1. The molecular formula is C34H36Cl2N4O6. The Morgan fingerprint density at radius 2 is 1.63 bits per heavy atom. The lowest BCUT2D eigenvalue weighted by Gasteiger charge is -2.41.